The van der Waals surface area contributed by atoms with Crippen LogP contribution in [0.1, 0.15) is 35.3 Å². The van der Waals surface area contributed by atoms with Gasteiger partial charge in [0.2, 0.25) is 0 Å². The van der Waals surface area contributed by atoms with Crippen LogP contribution in [0.5, 0.6) is 5.75 Å². The third-order valence-electron chi connectivity index (χ3n) is 4.47. The number of pyridine rings is 1. The van der Waals surface area contributed by atoms with Crippen molar-refractivity contribution >= 4 is 11.7 Å². The Balaban J connectivity index is 1.90. The van der Waals surface area contributed by atoms with E-state index in [1.807, 2.05) is 43.3 Å². The average Bonchev–Trinajstić information content (AvgIpc) is 2.77. The predicted octanol–water partition coefficient (Wildman–Crippen LogP) is 4.33. The summed E-state index contributed by atoms with van der Waals surface area (Å²) < 4.78 is 5.92. The highest BCUT2D eigenvalue weighted by Gasteiger charge is 2.24. The van der Waals surface area contributed by atoms with Crippen LogP contribution in [0, 0.1) is 11.3 Å². The second-order valence-corrected chi connectivity index (χ2v) is 6.44. The number of carbonyl (C=O) groups is 1. The van der Waals surface area contributed by atoms with Gasteiger partial charge in [-0.2, -0.15) is 5.26 Å². The van der Waals surface area contributed by atoms with E-state index in [4.69, 9.17) is 10.00 Å². The lowest BCUT2D eigenvalue weighted by Crippen LogP contribution is -2.21. The van der Waals surface area contributed by atoms with E-state index in [1.54, 1.807) is 36.5 Å². The molecule has 2 N–H and O–H groups in total. The minimum Gasteiger partial charge on any atom is -0.487 e. The van der Waals surface area contributed by atoms with E-state index in [-0.39, 0.29) is 6.61 Å². The van der Waals surface area contributed by atoms with Gasteiger partial charge in [-0.15, -0.1) is 0 Å². The van der Waals surface area contributed by atoms with Gasteiger partial charge in [0.05, 0.1) is 17.3 Å². The summed E-state index contributed by atoms with van der Waals surface area (Å²) in [6.07, 6.45) is 2.46. The van der Waals surface area contributed by atoms with Crippen molar-refractivity contribution in [3.63, 3.8) is 0 Å². The highest BCUT2D eigenvalue weighted by atomic mass is 16.5. The molecule has 0 aliphatic heterocycles. The Morgan fingerprint density at radius 2 is 2.00 bits per heavy atom. The van der Waals surface area contributed by atoms with E-state index < -0.39 is 12.0 Å². The maximum atomic E-state index is 12.1. The first-order valence-corrected chi connectivity index (χ1v) is 9.25. The number of nitrogens with zero attached hydrogens (tertiary/aromatic N) is 2. The Kier molecular flexibility index (Phi) is 6.43. The number of carboxylic acid groups (broad SMARTS) is 1. The summed E-state index contributed by atoms with van der Waals surface area (Å²) in [6, 6.07) is 18.8. The zero-order valence-corrected chi connectivity index (χ0v) is 16.0. The maximum Gasteiger partial charge on any atom is 0.330 e. The van der Waals surface area contributed by atoms with Crippen LogP contribution >= 0.6 is 0 Å². The molecule has 0 fully saturated rings. The Labute approximate surface area is 169 Å². The van der Waals surface area contributed by atoms with Crippen LogP contribution in [-0.2, 0) is 17.8 Å². The molecule has 1 heterocycles. The summed E-state index contributed by atoms with van der Waals surface area (Å²) in [6.45, 7) is 2.25. The summed E-state index contributed by atoms with van der Waals surface area (Å²) in [5.41, 5.74) is 3.42. The summed E-state index contributed by atoms with van der Waals surface area (Å²) in [4.78, 5) is 16.3. The van der Waals surface area contributed by atoms with Gasteiger partial charge in [0.15, 0.2) is 6.04 Å². The van der Waals surface area contributed by atoms with Crippen molar-refractivity contribution in [3.8, 4) is 11.8 Å². The van der Waals surface area contributed by atoms with Crippen molar-refractivity contribution in [2.24, 2.45) is 0 Å². The molecule has 0 spiro atoms. The highest BCUT2D eigenvalue weighted by molar-refractivity contribution is 5.80. The molecule has 3 rings (SSSR count). The van der Waals surface area contributed by atoms with Crippen molar-refractivity contribution in [3.05, 3.63) is 89.2 Å². The monoisotopic (exact) mass is 387 g/mol. The molecular weight excluding hydrogens is 366 g/mol. The Morgan fingerprint density at radius 1 is 1.21 bits per heavy atom. The number of hydrogen-bond acceptors (Lipinski definition) is 5. The minimum atomic E-state index is -1.02. The Bertz CT molecular complexity index is 1010. The third-order valence-corrected chi connectivity index (χ3v) is 4.47. The first-order chi connectivity index (χ1) is 14.1. The van der Waals surface area contributed by atoms with E-state index >= 15 is 0 Å². The van der Waals surface area contributed by atoms with Gasteiger partial charge in [0, 0.05) is 17.4 Å². The van der Waals surface area contributed by atoms with E-state index in [0.29, 0.717) is 22.6 Å². The van der Waals surface area contributed by atoms with Gasteiger partial charge in [-0.25, -0.2) is 4.79 Å². The topological polar surface area (TPSA) is 95.2 Å². The number of aliphatic carboxylic acids is 1. The molecule has 0 radical (unpaired) electrons. The summed E-state index contributed by atoms with van der Waals surface area (Å²) >= 11 is 0. The lowest BCUT2D eigenvalue weighted by Gasteiger charge is -2.20. The third kappa shape index (κ3) is 5.11. The SMILES string of the molecule is CCc1ccc(OCc2ccccn2)c(C(Nc2ccc(C#N)cc2)C(=O)O)c1. The molecule has 29 heavy (non-hydrogen) atoms. The number of aryl methyl sites for hydroxylation is 1. The van der Waals surface area contributed by atoms with Crippen LogP contribution < -0.4 is 10.1 Å². The largest absolute Gasteiger partial charge is 0.487 e. The van der Waals surface area contributed by atoms with E-state index in [2.05, 4.69) is 10.3 Å². The summed E-state index contributed by atoms with van der Waals surface area (Å²) in [7, 11) is 0. The minimum absolute atomic E-state index is 0.239. The normalized spacial score (nSPS) is 11.3. The van der Waals surface area contributed by atoms with Gasteiger partial charge < -0.3 is 15.2 Å². The summed E-state index contributed by atoms with van der Waals surface area (Å²) in [5, 5.41) is 21.8. The van der Waals surface area contributed by atoms with Gasteiger partial charge in [-0.05, 0) is 60.5 Å². The molecule has 0 saturated heterocycles. The van der Waals surface area contributed by atoms with Crippen molar-refractivity contribution in [2.75, 3.05) is 5.32 Å². The second kappa shape index (κ2) is 9.38. The molecule has 0 saturated carbocycles. The fourth-order valence-corrected chi connectivity index (χ4v) is 2.89. The van der Waals surface area contributed by atoms with Crippen LogP contribution in [-0.4, -0.2) is 16.1 Å². The van der Waals surface area contributed by atoms with Gasteiger partial charge in [0.1, 0.15) is 12.4 Å². The molecule has 6 heteroatoms. The predicted molar refractivity (Wildman–Crippen MR) is 110 cm³/mol. The molecule has 1 unspecified atom stereocenters. The first kappa shape index (κ1) is 19.9. The number of hydrogen-bond donors (Lipinski definition) is 2. The van der Waals surface area contributed by atoms with Crippen molar-refractivity contribution in [2.45, 2.75) is 26.0 Å². The molecule has 0 bridgehead atoms. The molecular formula is C23H21N3O3. The zero-order valence-electron chi connectivity index (χ0n) is 16.0. The molecule has 2 aromatic carbocycles. The maximum absolute atomic E-state index is 12.1. The smallest absolute Gasteiger partial charge is 0.330 e. The fraction of sp³-hybridized carbons (Fsp3) is 0.174. The molecule has 1 atom stereocenters. The van der Waals surface area contributed by atoms with Crippen LogP contribution in [0.4, 0.5) is 5.69 Å². The Morgan fingerprint density at radius 3 is 2.62 bits per heavy atom. The molecule has 3 aromatic rings. The van der Waals surface area contributed by atoms with E-state index in [9.17, 15) is 9.90 Å². The Hall–Kier alpha value is -3.85. The van der Waals surface area contributed by atoms with E-state index in [0.717, 1.165) is 17.7 Å². The number of nitriles is 1. The van der Waals surface area contributed by atoms with Gasteiger partial charge in [-0.1, -0.05) is 19.1 Å². The van der Waals surface area contributed by atoms with Gasteiger partial charge in [0.25, 0.3) is 0 Å². The molecule has 0 aliphatic carbocycles. The second-order valence-electron chi connectivity index (χ2n) is 6.44. The first-order valence-electron chi connectivity index (χ1n) is 9.25. The molecule has 6 nitrogen and oxygen atoms in total. The van der Waals surface area contributed by atoms with Gasteiger partial charge >= 0.3 is 5.97 Å². The number of ether oxygens (including phenoxy) is 1. The van der Waals surface area contributed by atoms with Crippen LogP contribution in [0.3, 0.4) is 0 Å². The number of anilines is 1. The fourth-order valence-electron chi connectivity index (χ4n) is 2.89. The van der Waals surface area contributed by atoms with Crippen molar-refractivity contribution in [1.82, 2.24) is 4.98 Å². The number of aromatic nitrogens is 1. The lowest BCUT2D eigenvalue weighted by molar-refractivity contribution is -0.138. The number of benzene rings is 2. The number of carboxylic acids is 1. The number of rotatable bonds is 8. The van der Waals surface area contributed by atoms with E-state index in [1.165, 1.54) is 0 Å². The van der Waals surface area contributed by atoms with Crippen molar-refractivity contribution < 1.29 is 14.6 Å². The molecule has 0 amide bonds. The van der Waals surface area contributed by atoms with Crippen LogP contribution in [0.15, 0.2) is 66.9 Å². The lowest BCUT2D eigenvalue weighted by atomic mass is 10.0. The zero-order chi connectivity index (χ0) is 20.6. The number of nitrogens with one attached hydrogen (secondary N) is 1. The standard InChI is InChI=1S/C23H21N3O3/c1-2-16-8-11-21(29-15-19-5-3-4-12-25-19)20(13-16)22(23(27)28)26-18-9-6-17(14-24)7-10-18/h3-13,22,26H,2,15H2,1H3,(H,27,28). The van der Waals surface area contributed by atoms with Crippen LogP contribution in [0.25, 0.3) is 0 Å². The molecule has 146 valence electrons. The quantitative estimate of drug-likeness (QED) is 0.597. The molecule has 1 aromatic heterocycles. The average molecular weight is 387 g/mol. The highest BCUT2D eigenvalue weighted by Crippen LogP contribution is 2.30. The van der Waals surface area contributed by atoms with Crippen molar-refractivity contribution in [1.29, 1.82) is 5.26 Å². The summed E-state index contributed by atoms with van der Waals surface area (Å²) in [5.74, 6) is -0.535. The van der Waals surface area contributed by atoms with Crippen LogP contribution in [0.2, 0.25) is 0 Å². The van der Waals surface area contributed by atoms with Gasteiger partial charge in [-0.3, -0.25) is 4.98 Å². The molecule has 0 aliphatic rings.